The third kappa shape index (κ3) is 3.26. The molecule has 2 aliphatic rings. The number of anilines is 1. The summed E-state index contributed by atoms with van der Waals surface area (Å²) in [6.45, 7) is 8.62. The Morgan fingerprint density at radius 2 is 1.83 bits per heavy atom. The first-order valence-electron chi connectivity index (χ1n) is 8.69. The number of imidazole rings is 1. The van der Waals surface area contributed by atoms with Crippen molar-refractivity contribution in [2.24, 2.45) is 0 Å². The predicted octanol–water partition coefficient (Wildman–Crippen LogP) is 1.34. The average molecular weight is 347 g/mol. The van der Waals surface area contributed by atoms with Crippen LogP contribution in [-0.2, 0) is 11.4 Å². The van der Waals surface area contributed by atoms with Crippen LogP contribution in [0.1, 0.15) is 0 Å². The lowest BCUT2D eigenvalue weighted by atomic mass is 10.3. The first kappa shape index (κ1) is 16.2. The van der Waals surface area contributed by atoms with E-state index < -0.39 is 0 Å². The van der Waals surface area contributed by atoms with Crippen molar-refractivity contribution in [3.63, 3.8) is 0 Å². The Morgan fingerprint density at radius 3 is 2.67 bits per heavy atom. The van der Waals surface area contributed by atoms with Gasteiger partial charge in [0.15, 0.2) is 0 Å². The lowest BCUT2D eigenvalue weighted by molar-refractivity contribution is 0.0385. The minimum Gasteiger partial charge on any atom is -0.379 e. The van der Waals surface area contributed by atoms with E-state index in [0.29, 0.717) is 0 Å². The Kier molecular flexibility index (Phi) is 4.93. The highest BCUT2D eigenvalue weighted by Crippen LogP contribution is 2.26. The molecule has 1 aromatic heterocycles. The summed E-state index contributed by atoms with van der Waals surface area (Å²) in [6.07, 6.45) is 0. The molecule has 0 saturated carbocycles. The molecule has 0 N–H and O–H groups in total. The molecule has 0 bridgehead atoms. The number of hydrogen-bond acceptors (Lipinski definition) is 6. The number of ether oxygens (including phenoxy) is 1. The maximum absolute atomic E-state index is 5.45. The third-order valence-corrected chi connectivity index (χ3v) is 5.04. The number of thiol groups is 1. The molecule has 4 rings (SSSR count). The van der Waals surface area contributed by atoms with Gasteiger partial charge < -0.3 is 9.64 Å². The average Bonchev–Trinajstić information content (AvgIpc) is 3.00. The van der Waals surface area contributed by atoms with Crippen LogP contribution in [0, 0.1) is 0 Å². The van der Waals surface area contributed by atoms with Crippen LogP contribution in [0.2, 0.25) is 0 Å². The third-order valence-electron chi connectivity index (χ3n) is 4.84. The van der Waals surface area contributed by atoms with Crippen LogP contribution in [0.4, 0.5) is 5.95 Å². The molecule has 0 unspecified atom stereocenters. The largest absolute Gasteiger partial charge is 0.379 e. The number of morpholine rings is 1. The van der Waals surface area contributed by atoms with Crippen LogP contribution in [0.15, 0.2) is 24.3 Å². The van der Waals surface area contributed by atoms with Crippen LogP contribution >= 0.6 is 12.6 Å². The molecule has 6 nitrogen and oxygen atoms in total. The zero-order valence-corrected chi connectivity index (χ0v) is 14.9. The Bertz CT molecular complexity index is 685. The fourth-order valence-electron chi connectivity index (χ4n) is 3.53. The zero-order valence-electron chi connectivity index (χ0n) is 14.0. The molecule has 2 aromatic rings. The summed E-state index contributed by atoms with van der Waals surface area (Å²) in [7, 11) is 0. The van der Waals surface area contributed by atoms with E-state index in [0.717, 1.165) is 76.5 Å². The SMILES string of the molecule is SCCN1CN(CCN2CCOCC2)c2nc3ccccc3n2C1. The Labute approximate surface area is 148 Å². The van der Waals surface area contributed by atoms with Crippen molar-refractivity contribution in [3.8, 4) is 0 Å². The fourth-order valence-corrected chi connectivity index (χ4v) is 3.82. The van der Waals surface area contributed by atoms with Gasteiger partial charge in [0.05, 0.1) is 37.6 Å². The lowest BCUT2D eigenvalue weighted by Crippen LogP contribution is -2.49. The molecule has 2 aliphatic heterocycles. The van der Waals surface area contributed by atoms with Crippen molar-refractivity contribution in [1.82, 2.24) is 19.4 Å². The number of rotatable bonds is 5. The molecular formula is C17H25N5OS. The standard InChI is InChI=1S/C17H25N5OS/c24-12-9-20-13-21(6-5-19-7-10-23-11-8-19)17-18-15-3-1-2-4-16(15)22(17)14-20/h1-4,24H,5-14H2. The summed E-state index contributed by atoms with van der Waals surface area (Å²) < 4.78 is 7.78. The van der Waals surface area contributed by atoms with Crippen molar-refractivity contribution >= 4 is 29.6 Å². The second kappa shape index (κ2) is 7.31. The molecule has 1 aromatic carbocycles. The van der Waals surface area contributed by atoms with E-state index in [4.69, 9.17) is 9.72 Å². The van der Waals surface area contributed by atoms with E-state index in [1.165, 1.54) is 5.52 Å². The minimum absolute atomic E-state index is 0.851. The van der Waals surface area contributed by atoms with Gasteiger partial charge in [0.1, 0.15) is 0 Å². The van der Waals surface area contributed by atoms with Gasteiger partial charge in [0, 0.05) is 38.5 Å². The van der Waals surface area contributed by atoms with Crippen molar-refractivity contribution in [1.29, 1.82) is 0 Å². The maximum Gasteiger partial charge on any atom is 0.208 e. The number of aromatic nitrogens is 2. The number of benzene rings is 1. The lowest BCUT2D eigenvalue weighted by Gasteiger charge is -2.38. The summed E-state index contributed by atoms with van der Waals surface area (Å²) in [4.78, 5) is 12.2. The quantitative estimate of drug-likeness (QED) is 0.826. The van der Waals surface area contributed by atoms with Gasteiger partial charge in [-0.15, -0.1) is 0 Å². The van der Waals surface area contributed by atoms with Gasteiger partial charge >= 0.3 is 0 Å². The highest BCUT2D eigenvalue weighted by molar-refractivity contribution is 7.80. The van der Waals surface area contributed by atoms with Gasteiger partial charge in [-0.05, 0) is 12.1 Å². The minimum atomic E-state index is 0.851. The molecule has 0 atom stereocenters. The summed E-state index contributed by atoms with van der Waals surface area (Å²) in [6, 6.07) is 8.41. The monoisotopic (exact) mass is 347 g/mol. The van der Waals surface area contributed by atoms with Crippen molar-refractivity contribution in [2.45, 2.75) is 6.67 Å². The molecule has 0 spiro atoms. The van der Waals surface area contributed by atoms with Crippen molar-refractivity contribution < 1.29 is 4.74 Å². The van der Waals surface area contributed by atoms with Crippen LogP contribution in [0.25, 0.3) is 11.0 Å². The maximum atomic E-state index is 5.45. The predicted molar refractivity (Wildman–Crippen MR) is 99.8 cm³/mol. The topological polar surface area (TPSA) is 36.8 Å². The molecule has 3 heterocycles. The van der Waals surface area contributed by atoms with E-state index in [1.54, 1.807) is 0 Å². The number of hydrogen-bond donors (Lipinski definition) is 1. The normalized spacial score (nSPS) is 19.8. The number of fused-ring (bicyclic) bond motifs is 3. The molecule has 0 radical (unpaired) electrons. The first-order valence-corrected chi connectivity index (χ1v) is 9.32. The second-order valence-corrected chi connectivity index (χ2v) is 6.89. The van der Waals surface area contributed by atoms with Gasteiger partial charge in [-0.25, -0.2) is 4.98 Å². The van der Waals surface area contributed by atoms with Gasteiger partial charge in [-0.3, -0.25) is 14.4 Å². The van der Waals surface area contributed by atoms with Crippen LogP contribution in [0.5, 0.6) is 0 Å². The molecule has 1 fully saturated rings. The molecule has 1 saturated heterocycles. The van der Waals surface area contributed by atoms with Gasteiger partial charge in [0.2, 0.25) is 5.95 Å². The summed E-state index contributed by atoms with van der Waals surface area (Å²) in [5, 5.41) is 0. The van der Waals surface area contributed by atoms with Crippen LogP contribution < -0.4 is 4.90 Å². The highest BCUT2D eigenvalue weighted by atomic mass is 32.1. The van der Waals surface area contributed by atoms with Crippen LogP contribution in [0.3, 0.4) is 0 Å². The molecule has 24 heavy (non-hydrogen) atoms. The Morgan fingerprint density at radius 1 is 1.00 bits per heavy atom. The van der Waals surface area contributed by atoms with E-state index in [9.17, 15) is 0 Å². The number of nitrogens with zero attached hydrogens (tertiary/aromatic N) is 5. The van der Waals surface area contributed by atoms with E-state index >= 15 is 0 Å². The molecule has 0 amide bonds. The molecule has 7 heteroatoms. The van der Waals surface area contributed by atoms with Crippen molar-refractivity contribution in [3.05, 3.63) is 24.3 Å². The summed E-state index contributed by atoms with van der Waals surface area (Å²) >= 11 is 4.42. The smallest absolute Gasteiger partial charge is 0.208 e. The van der Waals surface area contributed by atoms with E-state index in [-0.39, 0.29) is 0 Å². The van der Waals surface area contributed by atoms with Crippen LogP contribution in [-0.4, -0.2) is 77.7 Å². The Balaban J connectivity index is 1.56. The molecule has 130 valence electrons. The highest BCUT2D eigenvalue weighted by Gasteiger charge is 2.25. The van der Waals surface area contributed by atoms with E-state index in [2.05, 4.69) is 56.2 Å². The van der Waals surface area contributed by atoms with Crippen molar-refractivity contribution in [2.75, 3.05) is 63.3 Å². The fraction of sp³-hybridized carbons (Fsp3) is 0.588. The van der Waals surface area contributed by atoms with Gasteiger partial charge in [-0.1, -0.05) is 12.1 Å². The Hall–Kier alpha value is -1.28. The molecule has 0 aliphatic carbocycles. The van der Waals surface area contributed by atoms with Gasteiger partial charge in [0.25, 0.3) is 0 Å². The van der Waals surface area contributed by atoms with E-state index in [1.807, 2.05) is 0 Å². The zero-order chi connectivity index (χ0) is 16.4. The number of para-hydroxylation sites is 2. The molecular weight excluding hydrogens is 322 g/mol. The summed E-state index contributed by atoms with van der Waals surface area (Å²) in [5.41, 5.74) is 2.30. The second-order valence-electron chi connectivity index (χ2n) is 6.45. The van der Waals surface area contributed by atoms with Gasteiger partial charge in [-0.2, -0.15) is 12.6 Å². The first-order chi connectivity index (χ1) is 11.8. The summed E-state index contributed by atoms with van der Waals surface area (Å²) in [5.74, 6) is 1.97.